The summed E-state index contributed by atoms with van der Waals surface area (Å²) in [6.07, 6.45) is 1.16. The fraction of sp³-hybridized carbons (Fsp3) is 0. The standard InChI is InChI=1S/C16H9ClFNO3/c17-13-6-9(4-5-14(13)20)12-8-15(21)19(16(12)22)11-3-1-2-10(18)7-11/h1-8,20H. The van der Waals surface area contributed by atoms with Crippen molar-refractivity contribution in [2.45, 2.75) is 0 Å². The zero-order valence-corrected chi connectivity index (χ0v) is 11.8. The smallest absolute Gasteiger partial charge is 0.266 e. The fourth-order valence-corrected chi connectivity index (χ4v) is 2.39. The van der Waals surface area contributed by atoms with E-state index in [0.717, 1.165) is 17.0 Å². The highest BCUT2D eigenvalue weighted by Gasteiger charge is 2.33. The second-order valence-corrected chi connectivity index (χ2v) is 5.09. The third kappa shape index (κ3) is 2.35. The van der Waals surface area contributed by atoms with E-state index in [0.29, 0.717) is 5.56 Å². The lowest BCUT2D eigenvalue weighted by molar-refractivity contribution is -0.119. The zero-order chi connectivity index (χ0) is 15.9. The number of halogens is 2. The number of phenols is 1. The van der Waals surface area contributed by atoms with Crippen molar-refractivity contribution in [3.8, 4) is 5.75 Å². The van der Waals surface area contributed by atoms with E-state index in [2.05, 4.69) is 0 Å². The molecule has 0 aliphatic carbocycles. The molecule has 110 valence electrons. The number of carbonyl (C=O) groups excluding carboxylic acids is 2. The predicted molar refractivity (Wildman–Crippen MR) is 80.0 cm³/mol. The van der Waals surface area contributed by atoms with Gasteiger partial charge in [-0.3, -0.25) is 9.59 Å². The minimum atomic E-state index is -0.572. The van der Waals surface area contributed by atoms with Crippen LogP contribution in [0.1, 0.15) is 5.56 Å². The lowest BCUT2D eigenvalue weighted by atomic mass is 10.1. The van der Waals surface area contributed by atoms with Gasteiger partial charge in [0.15, 0.2) is 0 Å². The van der Waals surface area contributed by atoms with Crippen molar-refractivity contribution in [3.05, 3.63) is 64.9 Å². The summed E-state index contributed by atoms with van der Waals surface area (Å²) in [6, 6.07) is 9.43. The van der Waals surface area contributed by atoms with Crippen LogP contribution < -0.4 is 4.90 Å². The Hall–Kier alpha value is -2.66. The third-order valence-electron chi connectivity index (χ3n) is 3.25. The summed E-state index contributed by atoms with van der Waals surface area (Å²) in [5.41, 5.74) is 0.697. The number of nitrogens with zero attached hydrogens (tertiary/aromatic N) is 1. The van der Waals surface area contributed by atoms with Gasteiger partial charge in [-0.2, -0.15) is 0 Å². The molecule has 0 bridgehead atoms. The van der Waals surface area contributed by atoms with E-state index in [1.165, 1.54) is 36.4 Å². The molecule has 0 radical (unpaired) electrons. The molecule has 3 rings (SSSR count). The van der Waals surface area contributed by atoms with Gasteiger partial charge in [-0.05, 0) is 35.9 Å². The number of carbonyl (C=O) groups is 2. The van der Waals surface area contributed by atoms with Gasteiger partial charge in [-0.1, -0.05) is 23.7 Å². The average molecular weight is 318 g/mol. The van der Waals surface area contributed by atoms with Crippen LogP contribution in [-0.4, -0.2) is 16.9 Å². The molecule has 2 aromatic rings. The van der Waals surface area contributed by atoms with Crippen LogP contribution in [0.3, 0.4) is 0 Å². The molecule has 0 unspecified atom stereocenters. The maximum Gasteiger partial charge on any atom is 0.266 e. The molecule has 0 aromatic heterocycles. The van der Waals surface area contributed by atoms with Crippen molar-refractivity contribution in [2.75, 3.05) is 4.90 Å². The highest BCUT2D eigenvalue weighted by Crippen LogP contribution is 2.32. The molecule has 6 heteroatoms. The number of imide groups is 1. The number of amides is 2. The van der Waals surface area contributed by atoms with Gasteiger partial charge in [-0.15, -0.1) is 0 Å². The molecule has 0 atom stereocenters. The molecular weight excluding hydrogens is 309 g/mol. The number of benzene rings is 2. The van der Waals surface area contributed by atoms with E-state index in [1.54, 1.807) is 0 Å². The van der Waals surface area contributed by atoms with E-state index in [9.17, 15) is 19.1 Å². The van der Waals surface area contributed by atoms with Crippen molar-refractivity contribution < 1.29 is 19.1 Å². The SMILES string of the molecule is O=C1C=C(c2ccc(O)c(Cl)c2)C(=O)N1c1cccc(F)c1. The molecule has 1 aliphatic heterocycles. The van der Waals surface area contributed by atoms with Gasteiger partial charge in [0, 0.05) is 6.08 Å². The highest BCUT2D eigenvalue weighted by molar-refractivity contribution is 6.43. The normalized spacial score (nSPS) is 14.5. The Labute approximate surface area is 130 Å². The third-order valence-corrected chi connectivity index (χ3v) is 3.55. The van der Waals surface area contributed by atoms with Crippen molar-refractivity contribution in [3.63, 3.8) is 0 Å². The number of hydrogen-bond donors (Lipinski definition) is 1. The van der Waals surface area contributed by atoms with E-state index >= 15 is 0 Å². The molecular formula is C16H9ClFNO3. The van der Waals surface area contributed by atoms with Crippen molar-refractivity contribution >= 4 is 34.7 Å². The fourth-order valence-electron chi connectivity index (χ4n) is 2.21. The van der Waals surface area contributed by atoms with Gasteiger partial charge < -0.3 is 5.11 Å². The van der Waals surface area contributed by atoms with Gasteiger partial charge in [0.1, 0.15) is 11.6 Å². The Morgan fingerprint density at radius 1 is 1.09 bits per heavy atom. The summed E-state index contributed by atoms with van der Waals surface area (Å²) >= 11 is 5.81. The lowest BCUT2D eigenvalue weighted by Gasteiger charge is -2.15. The lowest BCUT2D eigenvalue weighted by Crippen LogP contribution is -2.30. The van der Waals surface area contributed by atoms with Crippen LogP contribution in [-0.2, 0) is 9.59 Å². The highest BCUT2D eigenvalue weighted by atomic mass is 35.5. The van der Waals surface area contributed by atoms with Crippen LogP contribution in [0.25, 0.3) is 5.57 Å². The Balaban J connectivity index is 2.00. The van der Waals surface area contributed by atoms with E-state index in [4.69, 9.17) is 11.6 Å². The monoisotopic (exact) mass is 317 g/mol. The summed E-state index contributed by atoms with van der Waals surface area (Å²) in [6.45, 7) is 0. The van der Waals surface area contributed by atoms with Crippen LogP contribution in [0.5, 0.6) is 5.75 Å². The van der Waals surface area contributed by atoms with Gasteiger partial charge in [0.2, 0.25) is 0 Å². The van der Waals surface area contributed by atoms with Crippen molar-refractivity contribution in [1.29, 1.82) is 0 Å². The predicted octanol–water partition coefficient (Wildman–Crippen LogP) is 3.14. The number of phenolic OH excluding ortho intramolecular Hbond substituents is 1. The van der Waals surface area contributed by atoms with Crippen LogP contribution in [0, 0.1) is 5.82 Å². The molecule has 0 saturated carbocycles. The topological polar surface area (TPSA) is 57.6 Å². The maximum atomic E-state index is 13.3. The number of anilines is 1. The first kappa shape index (κ1) is 14.3. The van der Waals surface area contributed by atoms with Crippen LogP contribution in [0.15, 0.2) is 48.5 Å². The first-order valence-electron chi connectivity index (χ1n) is 6.32. The van der Waals surface area contributed by atoms with Crippen LogP contribution >= 0.6 is 11.6 Å². The molecule has 0 saturated heterocycles. The molecule has 1 N–H and O–H groups in total. The largest absolute Gasteiger partial charge is 0.506 e. The number of hydrogen-bond acceptors (Lipinski definition) is 3. The first-order chi connectivity index (χ1) is 10.5. The number of aromatic hydroxyl groups is 1. The van der Waals surface area contributed by atoms with Crippen molar-refractivity contribution in [1.82, 2.24) is 0 Å². The van der Waals surface area contributed by atoms with Gasteiger partial charge in [-0.25, -0.2) is 9.29 Å². The molecule has 1 heterocycles. The summed E-state index contributed by atoms with van der Waals surface area (Å²) in [5, 5.41) is 9.48. The van der Waals surface area contributed by atoms with Gasteiger partial charge in [0.25, 0.3) is 11.8 Å². The number of rotatable bonds is 2. The molecule has 2 amide bonds. The Morgan fingerprint density at radius 2 is 1.86 bits per heavy atom. The Bertz CT molecular complexity index is 832. The maximum absolute atomic E-state index is 13.3. The Kier molecular flexibility index (Phi) is 3.42. The summed E-state index contributed by atoms with van der Waals surface area (Å²) in [7, 11) is 0. The van der Waals surface area contributed by atoms with Crippen LogP contribution in [0.4, 0.5) is 10.1 Å². The van der Waals surface area contributed by atoms with E-state index in [1.807, 2.05) is 0 Å². The van der Waals surface area contributed by atoms with Crippen LogP contribution in [0.2, 0.25) is 5.02 Å². The van der Waals surface area contributed by atoms with Gasteiger partial charge in [0.05, 0.1) is 16.3 Å². The Morgan fingerprint density at radius 3 is 2.55 bits per heavy atom. The van der Waals surface area contributed by atoms with E-state index < -0.39 is 17.6 Å². The van der Waals surface area contributed by atoms with E-state index in [-0.39, 0.29) is 22.0 Å². The zero-order valence-electron chi connectivity index (χ0n) is 11.1. The second-order valence-electron chi connectivity index (χ2n) is 4.68. The minimum absolute atomic E-state index is 0.0721. The first-order valence-corrected chi connectivity index (χ1v) is 6.70. The summed E-state index contributed by atoms with van der Waals surface area (Å²) in [4.78, 5) is 25.4. The molecule has 0 fully saturated rings. The quantitative estimate of drug-likeness (QED) is 0.866. The van der Waals surface area contributed by atoms with Gasteiger partial charge >= 0.3 is 0 Å². The van der Waals surface area contributed by atoms with Crippen molar-refractivity contribution in [2.24, 2.45) is 0 Å². The molecule has 0 spiro atoms. The minimum Gasteiger partial charge on any atom is -0.506 e. The molecule has 4 nitrogen and oxygen atoms in total. The second kappa shape index (κ2) is 5.27. The average Bonchev–Trinajstić information content (AvgIpc) is 2.77. The summed E-state index contributed by atoms with van der Waals surface area (Å²) in [5.74, 6) is -1.80. The molecule has 2 aromatic carbocycles. The molecule has 1 aliphatic rings. The molecule has 22 heavy (non-hydrogen) atoms. The summed E-state index contributed by atoms with van der Waals surface area (Å²) < 4.78 is 13.3.